The predicted octanol–water partition coefficient (Wildman–Crippen LogP) is 4.53. The lowest BCUT2D eigenvalue weighted by Crippen LogP contribution is -2.11. The second-order valence-corrected chi connectivity index (χ2v) is 7.81. The van der Waals surface area contributed by atoms with Crippen LogP contribution >= 0.6 is 11.3 Å². The van der Waals surface area contributed by atoms with Gasteiger partial charge >= 0.3 is 0 Å². The number of carbonyl (C=O) groups excluding carboxylic acids is 1. The molecule has 4 heterocycles. The van der Waals surface area contributed by atoms with Crippen molar-refractivity contribution in [3.63, 3.8) is 0 Å². The highest BCUT2D eigenvalue weighted by Crippen LogP contribution is 2.36. The molecular formula is C24H21N5O2S. The SMILES string of the molecule is Cc1nn2ccccc2c1-c1nc(OCc2ccccc2)c(C(N)=O)s1.c1ccncc1. The molecule has 32 heavy (non-hydrogen) atoms. The monoisotopic (exact) mass is 443 g/mol. The number of aryl methyl sites for hydroxylation is 1. The highest BCUT2D eigenvalue weighted by molar-refractivity contribution is 7.17. The highest BCUT2D eigenvalue weighted by atomic mass is 32.1. The Bertz CT molecular complexity index is 1290. The Labute approximate surface area is 189 Å². The Hall–Kier alpha value is -4.04. The molecule has 0 saturated heterocycles. The van der Waals surface area contributed by atoms with Crippen molar-refractivity contribution < 1.29 is 9.53 Å². The summed E-state index contributed by atoms with van der Waals surface area (Å²) in [6.45, 7) is 2.23. The number of amides is 1. The van der Waals surface area contributed by atoms with Crippen molar-refractivity contribution in [1.82, 2.24) is 19.6 Å². The molecule has 0 atom stereocenters. The molecule has 8 heteroatoms. The highest BCUT2D eigenvalue weighted by Gasteiger charge is 2.22. The van der Waals surface area contributed by atoms with Crippen LogP contribution in [0.4, 0.5) is 0 Å². The number of fused-ring (bicyclic) bond motifs is 1. The summed E-state index contributed by atoms with van der Waals surface area (Å²) in [6, 6.07) is 21.2. The van der Waals surface area contributed by atoms with E-state index in [9.17, 15) is 4.79 Å². The average Bonchev–Trinajstić information content (AvgIpc) is 3.40. The molecule has 5 rings (SSSR count). The van der Waals surface area contributed by atoms with Crippen LogP contribution in [0.3, 0.4) is 0 Å². The van der Waals surface area contributed by atoms with Crippen molar-refractivity contribution in [3.05, 3.63) is 101 Å². The van der Waals surface area contributed by atoms with Gasteiger partial charge in [0.15, 0.2) is 4.88 Å². The number of nitrogens with two attached hydrogens (primary N) is 1. The van der Waals surface area contributed by atoms with Crippen LogP contribution in [0.15, 0.2) is 85.3 Å². The van der Waals surface area contributed by atoms with Crippen molar-refractivity contribution in [1.29, 1.82) is 0 Å². The largest absolute Gasteiger partial charge is 0.472 e. The van der Waals surface area contributed by atoms with Gasteiger partial charge in [-0.2, -0.15) is 5.10 Å². The minimum absolute atomic E-state index is 0.260. The van der Waals surface area contributed by atoms with Gasteiger partial charge in [0.2, 0.25) is 5.88 Å². The summed E-state index contributed by atoms with van der Waals surface area (Å²) in [5.74, 6) is -0.290. The van der Waals surface area contributed by atoms with E-state index in [1.165, 1.54) is 11.3 Å². The molecule has 1 amide bonds. The van der Waals surface area contributed by atoms with E-state index < -0.39 is 5.91 Å². The molecule has 0 fully saturated rings. The van der Waals surface area contributed by atoms with Gasteiger partial charge < -0.3 is 10.5 Å². The second kappa shape index (κ2) is 9.84. The first-order valence-corrected chi connectivity index (χ1v) is 10.7. The summed E-state index contributed by atoms with van der Waals surface area (Å²) >= 11 is 1.23. The van der Waals surface area contributed by atoms with Gasteiger partial charge in [0.05, 0.1) is 16.8 Å². The van der Waals surface area contributed by atoms with Crippen molar-refractivity contribution in [2.45, 2.75) is 13.5 Å². The van der Waals surface area contributed by atoms with E-state index in [2.05, 4.69) is 15.1 Å². The minimum Gasteiger partial charge on any atom is -0.472 e. The topological polar surface area (TPSA) is 95.4 Å². The van der Waals surface area contributed by atoms with Gasteiger partial charge in [0.25, 0.3) is 5.91 Å². The number of pyridine rings is 2. The van der Waals surface area contributed by atoms with Gasteiger partial charge in [-0.1, -0.05) is 42.5 Å². The second-order valence-electron chi connectivity index (χ2n) is 6.81. The van der Waals surface area contributed by atoms with E-state index in [4.69, 9.17) is 10.5 Å². The first-order chi connectivity index (χ1) is 15.6. The number of carbonyl (C=O) groups is 1. The van der Waals surface area contributed by atoms with E-state index in [1.807, 2.05) is 79.9 Å². The Morgan fingerprint density at radius 1 is 1.03 bits per heavy atom. The number of thiazole rings is 1. The zero-order valence-corrected chi connectivity index (χ0v) is 18.2. The number of aromatic nitrogens is 4. The number of primary amides is 1. The van der Waals surface area contributed by atoms with Crippen molar-refractivity contribution >= 4 is 22.8 Å². The van der Waals surface area contributed by atoms with Crippen LogP contribution in [0.2, 0.25) is 0 Å². The molecule has 1 aromatic carbocycles. The fourth-order valence-electron chi connectivity index (χ4n) is 3.09. The summed E-state index contributed by atoms with van der Waals surface area (Å²) in [4.78, 5) is 20.5. The lowest BCUT2D eigenvalue weighted by atomic mass is 10.2. The van der Waals surface area contributed by atoms with Crippen LogP contribution in [0, 0.1) is 6.92 Å². The number of rotatable bonds is 5. The maximum atomic E-state index is 11.9. The third-order valence-electron chi connectivity index (χ3n) is 4.53. The van der Waals surface area contributed by atoms with Crippen LogP contribution < -0.4 is 10.5 Å². The smallest absolute Gasteiger partial charge is 0.264 e. The third kappa shape index (κ3) is 4.81. The maximum absolute atomic E-state index is 11.9. The van der Waals surface area contributed by atoms with Crippen molar-refractivity contribution in [3.8, 4) is 16.5 Å². The van der Waals surface area contributed by atoms with Crippen molar-refractivity contribution in [2.75, 3.05) is 0 Å². The number of hydrogen-bond acceptors (Lipinski definition) is 6. The molecule has 0 aliphatic carbocycles. The number of ether oxygens (including phenoxy) is 1. The molecule has 7 nitrogen and oxygen atoms in total. The van der Waals surface area contributed by atoms with Gasteiger partial charge in [-0.3, -0.25) is 9.78 Å². The average molecular weight is 444 g/mol. The molecule has 0 radical (unpaired) electrons. The van der Waals surface area contributed by atoms with Crippen molar-refractivity contribution in [2.24, 2.45) is 5.73 Å². The Kier molecular flexibility index (Phi) is 6.52. The molecule has 0 aliphatic rings. The van der Waals surface area contributed by atoms with E-state index in [0.717, 1.165) is 22.3 Å². The quantitative estimate of drug-likeness (QED) is 0.431. The lowest BCUT2D eigenvalue weighted by Gasteiger charge is -2.04. The number of hydrogen-bond donors (Lipinski definition) is 1. The molecule has 0 bridgehead atoms. The summed E-state index contributed by atoms with van der Waals surface area (Å²) in [7, 11) is 0. The minimum atomic E-state index is -0.550. The fraction of sp³-hybridized carbons (Fsp3) is 0.0833. The van der Waals surface area contributed by atoms with E-state index in [-0.39, 0.29) is 5.88 Å². The Balaban J connectivity index is 0.000000354. The third-order valence-corrected chi connectivity index (χ3v) is 5.60. The molecule has 0 saturated carbocycles. The lowest BCUT2D eigenvalue weighted by molar-refractivity contribution is 0.0999. The molecule has 5 aromatic rings. The molecule has 0 aliphatic heterocycles. The molecular weight excluding hydrogens is 422 g/mol. The Morgan fingerprint density at radius 3 is 2.41 bits per heavy atom. The van der Waals surface area contributed by atoms with Crippen LogP contribution in [-0.4, -0.2) is 25.5 Å². The standard InChI is InChI=1S/C19H16N4O2S.C5H5N/c1-12-15(14-9-5-6-10-23(14)22-12)19-21-18(16(26-19)17(20)24)25-11-13-7-3-2-4-8-13;1-2-4-6-5-3-1/h2-10H,11H2,1H3,(H2,20,24);1-5H. The number of nitrogens with zero attached hydrogens (tertiary/aromatic N) is 4. The normalized spacial score (nSPS) is 10.4. The van der Waals surface area contributed by atoms with Crippen LogP contribution in [0.25, 0.3) is 16.1 Å². The van der Waals surface area contributed by atoms with Crippen LogP contribution in [0.1, 0.15) is 20.9 Å². The molecule has 4 aromatic heterocycles. The van der Waals surface area contributed by atoms with Crippen LogP contribution in [-0.2, 0) is 6.61 Å². The van der Waals surface area contributed by atoms with Gasteiger partial charge in [0, 0.05) is 18.6 Å². The zero-order valence-electron chi connectivity index (χ0n) is 17.4. The molecule has 0 spiro atoms. The molecule has 0 unspecified atom stereocenters. The fourth-order valence-corrected chi connectivity index (χ4v) is 4.05. The molecule has 160 valence electrons. The van der Waals surface area contributed by atoms with Gasteiger partial charge in [-0.15, -0.1) is 11.3 Å². The van der Waals surface area contributed by atoms with E-state index in [0.29, 0.717) is 16.5 Å². The first-order valence-electron chi connectivity index (χ1n) is 9.90. The van der Waals surface area contributed by atoms with E-state index >= 15 is 0 Å². The summed E-state index contributed by atoms with van der Waals surface area (Å²) in [5.41, 5.74) is 9.15. The van der Waals surface area contributed by atoms with E-state index in [1.54, 1.807) is 16.9 Å². The maximum Gasteiger partial charge on any atom is 0.264 e. The van der Waals surface area contributed by atoms with Crippen LogP contribution in [0.5, 0.6) is 5.88 Å². The zero-order chi connectivity index (χ0) is 22.3. The Morgan fingerprint density at radius 2 is 1.75 bits per heavy atom. The van der Waals surface area contributed by atoms with Gasteiger partial charge in [-0.05, 0) is 36.8 Å². The molecule has 2 N–H and O–H groups in total. The first kappa shape index (κ1) is 21.2. The van der Waals surface area contributed by atoms with Gasteiger partial charge in [-0.25, -0.2) is 9.50 Å². The number of benzene rings is 1. The summed E-state index contributed by atoms with van der Waals surface area (Å²) in [5, 5.41) is 5.16. The predicted molar refractivity (Wildman–Crippen MR) is 125 cm³/mol. The van der Waals surface area contributed by atoms with Gasteiger partial charge in [0.1, 0.15) is 11.6 Å². The summed E-state index contributed by atoms with van der Waals surface area (Å²) < 4.78 is 7.58. The summed E-state index contributed by atoms with van der Waals surface area (Å²) in [6.07, 6.45) is 5.38.